The maximum atomic E-state index is 10.9. The van der Waals surface area contributed by atoms with E-state index in [9.17, 15) is 20.1 Å². The molecule has 0 aromatic heterocycles. The molecule has 1 fully saturated rings. The first kappa shape index (κ1) is 45.2. The van der Waals surface area contributed by atoms with Crippen molar-refractivity contribution >= 4 is 5.97 Å². The molecule has 270 valence electrons. The minimum atomic E-state index is -0.408. The summed E-state index contributed by atoms with van der Waals surface area (Å²) in [6.07, 6.45) is 56.5. The molecule has 0 radical (unpaired) electrons. The molecule has 5 heteroatoms. The molecular formula is C44H64O5. The lowest BCUT2D eigenvalue weighted by atomic mass is 10.2. The molecular weight excluding hydrogens is 608 g/mol. The zero-order chi connectivity index (χ0) is 36.0. The molecule has 49 heavy (non-hydrogen) atoms. The summed E-state index contributed by atoms with van der Waals surface area (Å²) >= 11 is 0. The van der Waals surface area contributed by atoms with Gasteiger partial charge in [0, 0.05) is 6.42 Å². The minimum Gasteiger partial charge on any atom is -0.458 e. The van der Waals surface area contributed by atoms with E-state index in [1.54, 1.807) is 6.08 Å². The molecule has 1 aliphatic heterocycles. The van der Waals surface area contributed by atoms with Crippen LogP contribution < -0.4 is 0 Å². The normalized spacial score (nSPS) is 18.2. The molecule has 0 spiro atoms. The van der Waals surface area contributed by atoms with E-state index < -0.39 is 12.2 Å². The Morgan fingerprint density at radius 3 is 1.39 bits per heavy atom. The monoisotopic (exact) mass is 672 g/mol. The van der Waals surface area contributed by atoms with Crippen LogP contribution in [0.5, 0.6) is 0 Å². The Labute approximate surface area is 298 Å². The predicted octanol–water partition coefficient (Wildman–Crippen LogP) is 10.4. The second-order valence-electron chi connectivity index (χ2n) is 11.4. The average molecular weight is 673 g/mol. The molecule has 0 saturated carbocycles. The topological polar surface area (TPSA) is 87.0 Å². The Balaban J connectivity index is 0.000000942. The summed E-state index contributed by atoms with van der Waals surface area (Å²) in [5.74, 6) is -0.104. The standard InChI is InChI=1S/C22H30O3.C22H34O2/c1-2-3-12-15-20(23)16-13-10-8-6-4-5-7-9-11-14-17-21-18-19-22(24)25-21;1-3-5-14-18-22(24)20-16-13-11-9-7-6-8-10-12-15-19-21(23)17-4-2/h3-5,8-14,16-17,20-21,23H,2,6-7,15,18-19H2,1H3;5-7,10-16,19-24H,3-4,8-9,17-18H2,1-2H3/b5-4-,10-8-,11-9-,12-3-,16-13+,17-14+;7-6-,12-10-,13-11-,14-5-,19-15+,20-16+/t20-,21-;21-,22+/m01/s1. The molecule has 0 aromatic carbocycles. The van der Waals surface area contributed by atoms with Gasteiger partial charge in [0.1, 0.15) is 6.10 Å². The third kappa shape index (κ3) is 33.9. The lowest BCUT2D eigenvalue weighted by Gasteiger charge is -1.99. The maximum absolute atomic E-state index is 10.9. The van der Waals surface area contributed by atoms with Crippen molar-refractivity contribution in [3.8, 4) is 0 Å². The van der Waals surface area contributed by atoms with E-state index in [1.165, 1.54) is 0 Å². The smallest absolute Gasteiger partial charge is 0.306 e. The van der Waals surface area contributed by atoms with E-state index >= 15 is 0 Å². The summed E-state index contributed by atoms with van der Waals surface area (Å²) in [4.78, 5) is 10.9. The van der Waals surface area contributed by atoms with Crippen LogP contribution in [0.2, 0.25) is 0 Å². The molecule has 0 unspecified atom stereocenters. The first-order valence-electron chi connectivity index (χ1n) is 18.1. The van der Waals surface area contributed by atoms with Crippen molar-refractivity contribution in [2.24, 2.45) is 0 Å². The van der Waals surface area contributed by atoms with Crippen LogP contribution in [-0.4, -0.2) is 45.7 Å². The van der Waals surface area contributed by atoms with Crippen LogP contribution in [0.15, 0.2) is 146 Å². The van der Waals surface area contributed by atoms with Gasteiger partial charge in [0.25, 0.3) is 0 Å². The third-order valence-electron chi connectivity index (χ3n) is 6.80. The summed E-state index contributed by atoms with van der Waals surface area (Å²) in [7, 11) is 0. The van der Waals surface area contributed by atoms with Crippen molar-refractivity contribution in [1.82, 2.24) is 0 Å². The van der Waals surface area contributed by atoms with Gasteiger partial charge in [-0.15, -0.1) is 0 Å². The molecule has 1 rings (SSSR count). The molecule has 1 saturated heterocycles. The van der Waals surface area contributed by atoms with Crippen molar-refractivity contribution in [3.05, 3.63) is 146 Å². The Morgan fingerprint density at radius 1 is 0.571 bits per heavy atom. The van der Waals surface area contributed by atoms with Gasteiger partial charge in [-0.3, -0.25) is 4.79 Å². The van der Waals surface area contributed by atoms with Crippen molar-refractivity contribution in [3.63, 3.8) is 0 Å². The summed E-state index contributed by atoms with van der Waals surface area (Å²) < 4.78 is 5.09. The Bertz CT molecular complexity index is 1160. The van der Waals surface area contributed by atoms with E-state index in [1.807, 2.05) is 79.0 Å². The van der Waals surface area contributed by atoms with E-state index in [0.29, 0.717) is 19.3 Å². The van der Waals surface area contributed by atoms with Gasteiger partial charge in [-0.25, -0.2) is 0 Å². The van der Waals surface area contributed by atoms with E-state index in [2.05, 4.69) is 81.5 Å². The second-order valence-corrected chi connectivity index (χ2v) is 11.4. The van der Waals surface area contributed by atoms with Gasteiger partial charge in [0.15, 0.2) is 0 Å². The number of rotatable bonds is 24. The van der Waals surface area contributed by atoms with Crippen LogP contribution in [-0.2, 0) is 9.53 Å². The molecule has 1 aliphatic rings. The number of cyclic esters (lactones) is 1. The van der Waals surface area contributed by atoms with Crippen molar-refractivity contribution in [2.45, 2.75) is 122 Å². The molecule has 4 atom stereocenters. The number of aliphatic hydroxyl groups is 3. The fraction of sp³-hybridized carbons (Fsp3) is 0.432. The number of aliphatic hydroxyl groups excluding tert-OH is 3. The summed E-state index contributed by atoms with van der Waals surface area (Å²) in [5, 5.41) is 28.9. The predicted molar refractivity (Wildman–Crippen MR) is 210 cm³/mol. The number of ether oxygens (including phenoxy) is 1. The quantitative estimate of drug-likeness (QED) is 0.0540. The highest BCUT2D eigenvalue weighted by molar-refractivity contribution is 5.71. The molecule has 0 aromatic rings. The molecule has 0 aliphatic carbocycles. The fourth-order valence-corrected chi connectivity index (χ4v) is 4.13. The highest BCUT2D eigenvalue weighted by atomic mass is 16.5. The second kappa shape index (κ2) is 35.5. The number of esters is 1. The summed E-state index contributed by atoms with van der Waals surface area (Å²) in [6, 6.07) is 0. The van der Waals surface area contributed by atoms with Crippen LogP contribution in [0.1, 0.15) is 97.8 Å². The first-order chi connectivity index (χ1) is 23.9. The van der Waals surface area contributed by atoms with E-state index in [4.69, 9.17) is 4.74 Å². The Morgan fingerprint density at radius 2 is 1.00 bits per heavy atom. The Hall–Kier alpha value is -3.77. The van der Waals surface area contributed by atoms with Gasteiger partial charge in [-0.2, -0.15) is 0 Å². The SMILES string of the molecule is CC/C=C\C[C@H](O)/C=C/C=C\C/C=C\C/C=C\C=C\[C@H](O)CCC.CC/C=C\C[C@H](O)/C=C/C=C\C/C=C\C/C=C\C=C\[C@H]1CCC(=O)O1. The average Bonchev–Trinajstić information content (AvgIpc) is 3.51. The Kier molecular flexibility index (Phi) is 32.8. The largest absolute Gasteiger partial charge is 0.458 e. The number of hydrogen-bond donors (Lipinski definition) is 3. The summed E-state index contributed by atoms with van der Waals surface area (Å²) in [6.45, 7) is 6.23. The van der Waals surface area contributed by atoms with E-state index in [0.717, 1.165) is 57.8 Å². The summed E-state index contributed by atoms with van der Waals surface area (Å²) in [5.41, 5.74) is 0. The molecule has 5 nitrogen and oxygen atoms in total. The van der Waals surface area contributed by atoms with Gasteiger partial charge < -0.3 is 20.1 Å². The first-order valence-corrected chi connectivity index (χ1v) is 18.1. The van der Waals surface area contributed by atoms with Gasteiger partial charge in [0.2, 0.25) is 0 Å². The van der Waals surface area contributed by atoms with Gasteiger partial charge in [-0.05, 0) is 70.3 Å². The highest BCUT2D eigenvalue weighted by Gasteiger charge is 2.19. The van der Waals surface area contributed by atoms with E-state index in [-0.39, 0.29) is 18.2 Å². The highest BCUT2D eigenvalue weighted by Crippen LogP contribution is 2.14. The zero-order valence-corrected chi connectivity index (χ0v) is 30.3. The van der Waals surface area contributed by atoms with Crippen LogP contribution in [0.25, 0.3) is 0 Å². The van der Waals surface area contributed by atoms with Crippen molar-refractivity contribution < 1.29 is 24.9 Å². The minimum absolute atomic E-state index is 0.0490. The van der Waals surface area contributed by atoms with Crippen molar-refractivity contribution in [1.29, 1.82) is 0 Å². The molecule has 1 heterocycles. The maximum Gasteiger partial charge on any atom is 0.306 e. The van der Waals surface area contributed by atoms with Gasteiger partial charge >= 0.3 is 5.97 Å². The van der Waals surface area contributed by atoms with Crippen LogP contribution in [0.3, 0.4) is 0 Å². The number of hydrogen-bond acceptors (Lipinski definition) is 5. The lowest BCUT2D eigenvalue weighted by molar-refractivity contribution is -0.140. The van der Waals surface area contributed by atoms with Crippen LogP contribution in [0.4, 0.5) is 0 Å². The van der Waals surface area contributed by atoms with Gasteiger partial charge in [-0.1, -0.05) is 167 Å². The van der Waals surface area contributed by atoms with Crippen LogP contribution in [0, 0.1) is 0 Å². The molecule has 3 N–H and O–H groups in total. The number of carbonyl (C=O) groups excluding carboxylic acids is 1. The lowest BCUT2D eigenvalue weighted by Crippen LogP contribution is -2.01. The van der Waals surface area contributed by atoms with Crippen molar-refractivity contribution in [2.75, 3.05) is 0 Å². The zero-order valence-electron chi connectivity index (χ0n) is 30.3. The third-order valence-corrected chi connectivity index (χ3v) is 6.80. The fourth-order valence-electron chi connectivity index (χ4n) is 4.13. The molecule has 0 bridgehead atoms. The molecule has 0 amide bonds. The van der Waals surface area contributed by atoms with Crippen LogP contribution >= 0.6 is 0 Å². The number of allylic oxidation sites excluding steroid dienone is 18. The van der Waals surface area contributed by atoms with Gasteiger partial charge in [0.05, 0.1) is 18.3 Å². The number of carbonyl (C=O) groups is 1.